The lowest BCUT2D eigenvalue weighted by Gasteiger charge is -2.22. The minimum Gasteiger partial charge on any atom is -0.494 e. The highest BCUT2D eigenvalue weighted by atomic mass is 16.5. The molecule has 0 aliphatic heterocycles. The van der Waals surface area contributed by atoms with Gasteiger partial charge in [-0.05, 0) is 55.3 Å². The Labute approximate surface area is 171 Å². The molecular formula is C23H27N3O3. The lowest BCUT2D eigenvalue weighted by Crippen LogP contribution is -2.52. The van der Waals surface area contributed by atoms with E-state index < -0.39 is 18.0 Å². The molecular weight excluding hydrogens is 366 g/mol. The van der Waals surface area contributed by atoms with Gasteiger partial charge in [0, 0.05) is 23.7 Å². The summed E-state index contributed by atoms with van der Waals surface area (Å²) in [6.45, 7) is 6.17. The Morgan fingerprint density at radius 3 is 2.52 bits per heavy atom. The smallest absolute Gasteiger partial charge is 0.267 e. The molecule has 0 heterocycles. The minimum atomic E-state index is -0.791. The molecule has 0 aromatic heterocycles. The van der Waals surface area contributed by atoms with Gasteiger partial charge in [-0.1, -0.05) is 36.6 Å². The summed E-state index contributed by atoms with van der Waals surface area (Å²) in [5.74, 6) is 6.40. The fourth-order valence-corrected chi connectivity index (χ4v) is 2.57. The summed E-state index contributed by atoms with van der Waals surface area (Å²) < 4.78 is 5.73. The monoisotopic (exact) mass is 393 g/mol. The predicted octanol–water partition coefficient (Wildman–Crippen LogP) is 2.68. The van der Waals surface area contributed by atoms with Crippen LogP contribution in [-0.4, -0.2) is 29.8 Å². The van der Waals surface area contributed by atoms with E-state index in [0.717, 1.165) is 29.7 Å². The second-order valence-corrected chi connectivity index (χ2v) is 6.58. The van der Waals surface area contributed by atoms with E-state index in [0.29, 0.717) is 12.3 Å². The first-order valence-corrected chi connectivity index (χ1v) is 9.43. The number of amides is 1. The van der Waals surface area contributed by atoms with Crippen molar-refractivity contribution in [1.29, 1.82) is 0 Å². The van der Waals surface area contributed by atoms with Gasteiger partial charge in [0.15, 0.2) is 0 Å². The molecule has 0 aliphatic carbocycles. The highest BCUT2D eigenvalue weighted by Crippen LogP contribution is 2.17. The van der Waals surface area contributed by atoms with Crippen LogP contribution in [0, 0.1) is 11.8 Å². The van der Waals surface area contributed by atoms with Gasteiger partial charge in [-0.25, -0.2) is 5.48 Å². The third kappa shape index (κ3) is 7.34. The van der Waals surface area contributed by atoms with Gasteiger partial charge in [0.05, 0.1) is 6.61 Å². The predicted molar refractivity (Wildman–Crippen MR) is 114 cm³/mol. The molecule has 0 saturated heterocycles. The Morgan fingerprint density at radius 2 is 1.90 bits per heavy atom. The average Bonchev–Trinajstić information content (AvgIpc) is 2.74. The summed E-state index contributed by atoms with van der Waals surface area (Å²) in [5, 5.41) is 11.8. The number of rotatable bonds is 9. The Kier molecular flexibility index (Phi) is 8.77. The van der Waals surface area contributed by atoms with Crippen molar-refractivity contribution in [1.82, 2.24) is 10.8 Å². The van der Waals surface area contributed by atoms with Gasteiger partial charge in [-0.2, -0.15) is 0 Å². The lowest BCUT2D eigenvalue weighted by molar-refractivity contribution is -0.131. The van der Waals surface area contributed by atoms with Crippen LogP contribution in [0.15, 0.2) is 61.2 Å². The minimum absolute atomic E-state index is 0.508. The molecule has 0 aliphatic rings. The molecule has 0 bridgehead atoms. The maximum absolute atomic E-state index is 11.7. The number of ether oxygens (including phenoxy) is 1. The summed E-state index contributed by atoms with van der Waals surface area (Å²) in [5.41, 5.74) is 9.72. The number of carbonyl (C=O) groups excluding carboxylic acids is 1. The maximum atomic E-state index is 11.7. The summed E-state index contributed by atoms with van der Waals surface area (Å²) in [6.07, 6.45) is 1.60. The van der Waals surface area contributed by atoms with Gasteiger partial charge in [0.1, 0.15) is 11.8 Å². The van der Waals surface area contributed by atoms with Crippen molar-refractivity contribution >= 4 is 11.6 Å². The quantitative estimate of drug-likeness (QED) is 0.227. The molecule has 2 aromatic carbocycles. The Morgan fingerprint density at radius 1 is 1.21 bits per heavy atom. The molecule has 6 heteroatoms. The van der Waals surface area contributed by atoms with E-state index in [-0.39, 0.29) is 0 Å². The van der Waals surface area contributed by atoms with Crippen molar-refractivity contribution in [2.75, 3.05) is 6.61 Å². The van der Waals surface area contributed by atoms with Crippen LogP contribution in [0.4, 0.5) is 0 Å². The topological polar surface area (TPSA) is 96.6 Å². The Hall–Kier alpha value is -3.27. The average molecular weight is 393 g/mol. The van der Waals surface area contributed by atoms with Crippen LogP contribution in [0.25, 0.3) is 5.70 Å². The zero-order chi connectivity index (χ0) is 21.1. The van der Waals surface area contributed by atoms with Gasteiger partial charge < -0.3 is 15.8 Å². The number of nitrogens with two attached hydrogens (primary N) is 1. The van der Waals surface area contributed by atoms with Crippen LogP contribution in [0.5, 0.6) is 5.75 Å². The van der Waals surface area contributed by atoms with E-state index in [1.807, 2.05) is 54.6 Å². The van der Waals surface area contributed by atoms with Crippen LogP contribution in [0.2, 0.25) is 0 Å². The normalized spacial score (nSPS) is 12.1. The fraction of sp³-hybridized carbons (Fsp3) is 0.261. The van der Waals surface area contributed by atoms with E-state index in [1.165, 1.54) is 0 Å². The number of benzene rings is 2. The van der Waals surface area contributed by atoms with Gasteiger partial charge >= 0.3 is 0 Å². The standard InChI is InChI=1S/C23H27N3O3/c1-17(24)22(23(27)26-28)25-18(2)20-12-14-21(15-13-20)29-16-8-4-7-11-19-9-5-3-6-10-19/h3,5-6,9-10,12-15,17,22,25,28H,2,4,8,16,24H2,1H3,(H,26,27)/t17-,22+/m1/s1. The highest BCUT2D eigenvalue weighted by Gasteiger charge is 2.22. The summed E-state index contributed by atoms with van der Waals surface area (Å²) in [7, 11) is 0. The van der Waals surface area contributed by atoms with Crippen molar-refractivity contribution in [3.8, 4) is 17.6 Å². The fourth-order valence-electron chi connectivity index (χ4n) is 2.57. The zero-order valence-corrected chi connectivity index (χ0v) is 16.5. The van der Waals surface area contributed by atoms with E-state index in [4.69, 9.17) is 15.7 Å². The van der Waals surface area contributed by atoms with Crippen LogP contribution in [-0.2, 0) is 4.79 Å². The Bertz CT molecular complexity index is 852. The van der Waals surface area contributed by atoms with Crippen molar-refractivity contribution < 1.29 is 14.7 Å². The number of hydrogen-bond acceptors (Lipinski definition) is 5. The molecule has 0 spiro atoms. The second kappa shape index (κ2) is 11.5. The number of hydroxylamine groups is 1. The third-order valence-corrected chi connectivity index (χ3v) is 4.17. The van der Waals surface area contributed by atoms with E-state index in [9.17, 15) is 4.79 Å². The molecule has 29 heavy (non-hydrogen) atoms. The Balaban J connectivity index is 1.78. The first-order chi connectivity index (χ1) is 14.0. The van der Waals surface area contributed by atoms with Crippen molar-refractivity contribution in [3.63, 3.8) is 0 Å². The number of nitrogens with one attached hydrogen (secondary N) is 2. The molecule has 0 unspecified atom stereocenters. The van der Waals surface area contributed by atoms with Crippen LogP contribution < -0.4 is 21.3 Å². The molecule has 0 fully saturated rings. The van der Waals surface area contributed by atoms with Gasteiger partial charge in [0.2, 0.25) is 0 Å². The molecule has 2 atom stereocenters. The third-order valence-electron chi connectivity index (χ3n) is 4.17. The molecule has 5 N–H and O–H groups in total. The van der Waals surface area contributed by atoms with E-state index >= 15 is 0 Å². The first kappa shape index (κ1) is 22.0. The van der Waals surface area contributed by atoms with Crippen LogP contribution in [0.1, 0.15) is 30.9 Å². The molecule has 6 nitrogen and oxygen atoms in total. The summed E-state index contributed by atoms with van der Waals surface area (Å²) >= 11 is 0. The molecule has 1 amide bonds. The van der Waals surface area contributed by atoms with Crippen molar-refractivity contribution in [2.24, 2.45) is 5.73 Å². The van der Waals surface area contributed by atoms with Crippen LogP contribution in [0.3, 0.4) is 0 Å². The van der Waals surface area contributed by atoms with Gasteiger partial charge in [-0.3, -0.25) is 10.0 Å². The maximum Gasteiger partial charge on any atom is 0.267 e. The van der Waals surface area contributed by atoms with Crippen molar-refractivity contribution in [2.45, 2.75) is 31.8 Å². The van der Waals surface area contributed by atoms with E-state index in [1.54, 1.807) is 12.4 Å². The molecule has 2 rings (SSSR count). The SMILES string of the molecule is C=C(N[C@H](C(=O)NO)[C@@H](C)N)c1ccc(OCCCC#Cc2ccccc2)cc1. The first-order valence-electron chi connectivity index (χ1n) is 9.43. The summed E-state index contributed by atoms with van der Waals surface area (Å²) in [6, 6.07) is 15.9. The number of carbonyl (C=O) groups is 1. The molecule has 0 radical (unpaired) electrons. The van der Waals surface area contributed by atoms with E-state index in [2.05, 4.69) is 23.7 Å². The zero-order valence-electron chi connectivity index (χ0n) is 16.5. The van der Waals surface area contributed by atoms with Gasteiger partial charge in [0.25, 0.3) is 5.91 Å². The molecule has 0 saturated carbocycles. The second-order valence-electron chi connectivity index (χ2n) is 6.58. The molecule has 152 valence electrons. The molecule has 2 aromatic rings. The summed E-state index contributed by atoms with van der Waals surface area (Å²) in [4.78, 5) is 11.7. The lowest BCUT2D eigenvalue weighted by atomic mass is 10.1. The van der Waals surface area contributed by atoms with Gasteiger partial charge in [-0.15, -0.1) is 0 Å². The van der Waals surface area contributed by atoms with Crippen LogP contribution >= 0.6 is 0 Å². The van der Waals surface area contributed by atoms with Crippen molar-refractivity contribution in [3.05, 3.63) is 72.3 Å². The highest BCUT2D eigenvalue weighted by molar-refractivity contribution is 5.83. The number of unbranched alkanes of at least 4 members (excludes halogenated alkanes) is 1. The number of hydrogen-bond donors (Lipinski definition) is 4. The largest absolute Gasteiger partial charge is 0.494 e.